The number of fused-ring (bicyclic) bond motifs is 1. The molecule has 0 saturated heterocycles. The number of nitrogens with zero attached hydrogens (tertiary/aromatic N) is 2. The van der Waals surface area contributed by atoms with E-state index in [9.17, 15) is 9.59 Å². The SMILES string of the molecule is CCOC(=O)c1c(NC(=S)NC(=O)c2ccc(Cn3cc(Br)cn3)cc2)sc2c1CC[C@@H](C)C2. The van der Waals surface area contributed by atoms with Gasteiger partial charge in [0.1, 0.15) is 5.00 Å². The molecule has 178 valence electrons. The number of aromatic nitrogens is 2. The van der Waals surface area contributed by atoms with Gasteiger partial charge in [-0.1, -0.05) is 19.1 Å². The summed E-state index contributed by atoms with van der Waals surface area (Å²) in [6, 6.07) is 7.27. The van der Waals surface area contributed by atoms with E-state index < -0.39 is 0 Å². The molecule has 0 radical (unpaired) electrons. The average Bonchev–Trinajstić information content (AvgIpc) is 3.36. The predicted octanol–water partition coefficient (Wildman–Crippen LogP) is 5.18. The Hall–Kier alpha value is -2.56. The molecule has 0 bridgehead atoms. The van der Waals surface area contributed by atoms with Crippen LogP contribution in [0.4, 0.5) is 5.00 Å². The molecule has 0 saturated carbocycles. The van der Waals surface area contributed by atoms with Crippen molar-refractivity contribution in [1.82, 2.24) is 15.1 Å². The average molecular weight is 562 g/mol. The van der Waals surface area contributed by atoms with Crippen molar-refractivity contribution in [3.05, 3.63) is 68.3 Å². The van der Waals surface area contributed by atoms with Crippen molar-refractivity contribution in [3.8, 4) is 0 Å². The van der Waals surface area contributed by atoms with Gasteiger partial charge in [0, 0.05) is 16.6 Å². The molecule has 0 unspecified atom stereocenters. The highest BCUT2D eigenvalue weighted by Crippen LogP contribution is 2.40. The van der Waals surface area contributed by atoms with Crippen LogP contribution in [0, 0.1) is 5.92 Å². The minimum Gasteiger partial charge on any atom is -0.462 e. The Kier molecular flexibility index (Phi) is 7.80. The quantitative estimate of drug-likeness (QED) is 0.319. The van der Waals surface area contributed by atoms with Crippen LogP contribution in [0.15, 0.2) is 41.1 Å². The maximum Gasteiger partial charge on any atom is 0.341 e. The van der Waals surface area contributed by atoms with Gasteiger partial charge in [-0.2, -0.15) is 5.10 Å². The Bertz CT molecular complexity index is 1220. The highest BCUT2D eigenvalue weighted by Gasteiger charge is 2.29. The van der Waals surface area contributed by atoms with Crippen molar-refractivity contribution in [3.63, 3.8) is 0 Å². The van der Waals surface area contributed by atoms with Crippen molar-refractivity contribution in [2.75, 3.05) is 11.9 Å². The number of benzene rings is 1. The summed E-state index contributed by atoms with van der Waals surface area (Å²) in [6.45, 7) is 4.90. The number of amides is 1. The van der Waals surface area contributed by atoms with Gasteiger partial charge < -0.3 is 10.1 Å². The van der Waals surface area contributed by atoms with E-state index in [1.807, 2.05) is 18.3 Å². The number of ether oxygens (including phenoxy) is 1. The number of halogens is 1. The van der Waals surface area contributed by atoms with Gasteiger partial charge in [-0.05, 0) is 83.5 Å². The highest BCUT2D eigenvalue weighted by molar-refractivity contribution is 9.10. The molecule has 1 aliphatic carbocycles. The summed E-state index contributed by atoms with van der Waals surface area (Å²) in [5.74, 6) is -0.108. The van der Waals surface area contributed by atoms with Crippen LogP contribution < -0.4 is 10.6 Å². The number of rotatable bonds is 6. The summed E-state index contributed by atoms with van der Waals surface area (Å²) in [5.41, 5.74) is 3.09. The van der Waals surface area contributed by atoms with Crippen LogP contribution in [0.2, 0.25) is 0 Å². The number of carbonyl (C=O) groups excluding carboxylic acids is 2. The van der Waals surface area contributed by atoms with Crippen molar-refractivity contribution < 1.29 is 14.3 Å². The molecule has 0 fully saturated rings. The van der Waals surface area contributed by atoms with Crippen molar-refractivity contribution in [1.29, 1.82) is 0 Å². The van der Waals surface area contributed by atoms with Gasteiger partial charge in [0.2, 0.25) is 0 Å². The van der Waals surface area contributed by atoms with E-state index in [0.717, 1.165) is 34.9 Å². The van der Waals surface area contributed by atoms with Gasteiger partial charge in [0.25, 0.3) is 5.91 Å². The summed E-state index contributed by atoms with van der Waals surface area (Å²) in [6.07, 6.45) is 6.41. The van der Waals surface area contributed by atoms with E-state index in [2.05, 4.69) is 38.6 Å². The molecule has 0 spiro atoms. The monoisotopic (exact) mass is 560 g/mol. The largest absolute Gasteiger partial charge is 0.462 e. The lowest BCUT2D eigenvalue weighted by Gasteiger charge is -2.18. The third kappa shape index (κ3) is 5.73. The normalized spacial score (nSPS) is 14.9. The van der Waals surface area contributed by atoms with Gasteiger partial charge in [0.05, 0.1) is 29.4 Å². The van der Waals surface area contributed by atoms with E-state index in [0.29, 0.717) is 35.2 Å². The van der Waals surface area contributed by atoms with Crippen molar-refractivity contribution in [2.24, 2.45) is 5.92 Å². The van der Waals surface area contributed by atoms with Crippen LogP contribution in [0.5, 0.6) is 0 Å². The Morgan fingerprint density at radius 2 is 2.09 bits per heavy atom. The lowest BCUT2D eigenvalue weighted by atomic mass is 9.88. The van der Waals surface area contributed by atoms with Crippen molar-refractivity contribution in [2.45, 2.75) is 39.7 Å². The molecular formula is C24H25BrN4O3S2. The van der Waals surface area contributed by atoms with Gasteiger partial charge in [-0.15, -0.1) is 11.3 Å². The minimum atomic E-state index is -0.356. The molecule has 2 N–H and O–H groups in total. The second-order valence-electron chi connectivity index (χ2n) is 8.24. The Morgan fingerprint density at radius 3 is 2.76 bits per heavy atom. The number of thiophene rings is 1. The minimum absolute atomic E-state index is 0.146. The van der Waals surface area contributed by atoms with Crippen LogP contribution >= 0.6 is 39.5 Å². The standard InChI is InChI=1S/C24H25BrN4O3S2/c1-3-32-23(31)20-18-9-4-14(2)10-19(18)34-22(20)28-24(33)27-21(30)16-7-5-15(6-8-16)12-29-13-17(25)11-26-29/h5-8,11,13-14H,3-4,9-10,12H2,1-2H3,(H2,27,28,30,33)/t14-/m1/s1. The third-order valence-electron chi connectivity index (χ3n) is 5.61. The molecule has 2 aromatic heterocycles. The summed E-state index contributed by atoms with van der Waals surface area (Å²) in [7, 11) is 0. The van der Waals surface area contributed by atoms with Gasteiger partial charge >= 0.3 is 5.97 Å². The van der Waals surface area contributed by atoms with Gasteiger partial charge in [-0.25, -0.2) is 4.79 Å². The van der Waals surface area contributed by atoms with Gasteiger partial charge in [0.15, 0.2) is 5.11 Å². The van der Waals surface area contributed by atoms with Crippen LogP contribution in [-0.4, -0.2) is 33.4 Å². The number of esters is 1. The molecular weight excluding hydrogens is 536 g/mol. The number of carbonyl (C=O) groups is 2. The fourth-order valence-electron chi connectivity index (χ4n) is 3.94. The molecule has 4 rings (SSSR count). The summed E-state index contributed by atoms with van der Waals surface area (Å²) in [5, 5.41) is 10.8. The second-order valence-corrected chi connectivity index (χ2v) is 10.7. The maximum atomic E-state index is 12.7. The predicted molar refractivity (Wildman–Crippen MR) is 141 cm³/mol. The zero-order valence-electron chi connectivity index (χ0n) is 18.9. The number of thiocarbonyl (C=S) groups is 1. The Balaban J connectivity index is 1.43. The molecule has 7 nitrogen and oxygen atoms in total. The van der Waals surface area contributed by atoms with Gasteiger partial charge in [-0.3, -0.25) is 14.8 Å². The lowest BCUT2D eigenvalue weighted by Crippen LogP contribution is -2.34. The number of nitrogens with one attached hydrogen (secondary N) is 2. The number of anilines is 1. The molecule has 1 aromatic carbocycles. The second kappa shape index (κ2) is 10.8. The molecule has 3 aromatic rings. The summed E-state index contributed by atoms with van der Waals surface area (Å²) >= 11 is 10.3. The summed E-state index contributed by atoms with van der Waals surface area (Å²) < 4.78 is 8.02. The molecule has 10 heteroatoms. The molecule has 1 amide bonds. The first-order valence-electron chi connectivity index (χ1n) is 11.0. The molecule has 1 aliphatic rings. The first kappa shape index (κ1) is 24.6. The van der Waals surface area contributed by atoms with E-state index in [-0.39, 0.29) is 17.0 Å². The maximum absolute atomic E-state index is 12.7. The van der Waals surface area contributed by atoms with Crippen LogP contribution in [0.1, 0.15) is 57.0 Å². The smallest absolute Gasteiger partial charge is 0.341 e. The molecule has 34 heavy (non-hydrogen) atoms. The van der Waals surface area contributed by atoms with E-state index in [1.165, 1.54) is 16.2 Å². The fourth-order valence-corrected chi connectivity index (χ4v) is 5.93. The lowest BCUT2D eigenvalue weighted by molar-refractivity contribution is 0.0526. The van der Waals surface area contributed by atoms with E-state index >= 15 is 0 Å². The van der Waals surface area contributed by atoms with Crippen molar-refractivity contribution >= 4 is 61.5 Å². The number of hydrogen-bond acceptors (Lipinski definition) is 6. The molecule has 2 heterocycles. The summed E-state index contributed by atoms with van der Waals surface area (Å²) in [4.78, 5) is 26.6. The fraction of sp³-hybridized carbons (Fsp3) is 0.333. The highest BCUT2D eigenvalue weighted by atomic mass is 79.9. The Morgan fingerprint density at radius 1 is 1.32 bits per heavy atom. The van der Waals surface area contributed by atoms with Crippen LogP contribution in [0.25, 0.3) is 0 Å². The topological polar surface area (TPSA) is 85.3 Å². The number of hydrogen-bond donors (Lipinski definition) is 2. The van der Waals surface area contributed by atoms with E-state index in [4.69, 9.17) is 17.0 Å². The third-order valence-corrected chi connectivity index (χ3v) is 7.39. The van der Waals surface area contributed by atoms with Crippen LogP contribution in [-0.2, 0) is 24.1 Å². The zero-order chi connectivity index (χ0) is 24.2. The van der Waals surface area contributed by atoms with E-state index in [1.54, 1.807) is 29.9 Å². The molecule has 0 aliphatic heterocycles. The molecule has 1 atom stereocenters. The van der Waals surface area contributed by atoms with Crippen LogP contribution in [0.3, 0.4) is 0 Å². The first-order chi connectivity index (χ1) is 16.3. The zero-order valence-corrected chi connectivity index (χ0v) is 22.1. The first-order valence-corrected chi connectivity index (χ1v) is 13.1. The Labute approximate surface area is 216 Å².